The molecule has 67 heavy (non-hydrogen) atoms. The Hall–Kier alpha value is -4.05. The van der Waals surface area contributed by atoms with Gasteiger partial charge in [-0.3, -0.25) is 10.6 Å². The molecule has 7 aliphatic carbocycles. The second-order valence-electron chi connectivity index (χ2n) is 22.3. The summed E-state index contributed by atoms with van der Waals surface area (Å²) in [5.41, 5.74) is 2.49. The van der Waals surface area contributed by atoms with Crippen molar-refractivity contribution in [2.75, 3.05) is 0 Å². The van der Waals surface area contributed by atoms with E-state index < -0.39 is 16.1 Å². The lowest BCUT2D eigenvalue weighted by atomic mass is 9.70. The molecule has 1 saturated carbocycles. The first-order chi connectivity index (χ1) is 33.0. The van der Waals surface area contributed by atoms with E-state index in [0.717, 1.165) is 51.4 Å². The van der Waals surface area contributed by atoms with Crippen LogP contribution in [0.1, 0.15) is 104 Å². The summed E-state index contributed by atoms with van der Waals surface area (Å²) in [4.78, 5) is 0. The third kappa shape index (κ3) is 7.36. The van der Waals surface area contributed by atoms with Crippen LogP contribution in [-0.2, 0) is 9.47 Å². The number of benzene rings is 2. The number of nitrogens with one attached hydrogen (secondary N) is 2. The maximum absolute atomic E-state index is 7.77. The lowest BCUT2D eigenvalue weighted by molar-refractivity contribution is -0.0721. The Morgan fingerprint density at radius 2 is 1.48 bits per heavy atom. The molecule has 2 aromatic carbocycles. The molecule has 348 valence electrons. The molecule has 0 bridgehead atoms. The summed E-state index contributed by atoms with van der Waals surface area (Å²) in [5, 5.41) is 18.9. The standard InChI is InChI=1S/C61H74N2O2Si2/c1-41-38-42(2)58(43(3)39-41)61-62-50(48-30-20-36-56-59(48)64-52-32-16-18-34-54(52)66(56,44-22-8-4-9-23-44)45-24-10-5-11-25-45)40-51(63-61)49-31-21-37-57-60(49)65-53-33-17-19-35-55(53)67(57,46-26-12-6-13-27-46)47-28-14-7-15-29-47/h4-6,8-10,12-14,16-18,21-24,26-29,31,33-34,38,42-43,48-52,56-63H,7,11,15,19-20,25,30,32,35-37,39-40H2,1-3H3. The highest BCUT2D eigenvalue weighted by molar-refractivity contribution is 7.05. The molecule has 15 unspecified atom stereocenters. The van der Waals surface area contributed by atoms with Crippen LogP contribution in [0, 0.1) is 29.6 Å². The summed E-state index contributed by atoms with van der Waals surface area (Å²) in [7, 11) is -4.91. The van der Waals surface area contributed by atoms with Gasteiger partial charge in [0.25, 0.3) is 0 Å². The van der Waals surface area contributed by atoms with Crippen LogP contribution < -0.4 is 21.0 Å². The van der Waals surface area contributed by atoms with E-state index >= 15 is 0 Å². The fourth-order valence-electron chi connectivity index (χ4n) is 16.5. The monoisotopic (exact) mass is 923 g/mol. The van der Waals surface area contributed by atoms with E-state index in [9.17, 15) is 0 Å². The van der Waals surface area contributed by atoms with E-state index in [0.29, 0.717) is 40.8 Å². The van der Waals surface area contributed by atoms with Crippen LogP contribution in [0.15, 0.2) is 178 Å². The van der Waals surface area contributed by atoms with Crippen molar-refractivity contribution >= 4 is 26.5 Å². The highest BCUT2D eigenvalue weighted by Gasteiger charge is 2.62. The van der Waals surface area contributed by atoms with E-state index in [1.807, 2.05) is 0 Å². The summed E-state index contributed by atoms with van der Waals surface area (Å²) in [6.45, 7) is 7.39. The summed E-state index contributed by atoms with van der Waals surface area (Å²) < 4.78 is 15.4. The minimum absolute atomic E-state index is 0.103. The zero-order chi connectivity index (χ0) is 45.1. The molecule has 3 fully saturated rings. The van der Waals surface area contributed by atoms with Gasteiger partial charge in [-0.05, 0) is 134 Å². The van der Waals surface area contributed by atoms with Crippen LogP contribution in [0.4, 0.5) is 0 Å². The zero-order valence-electron chi connectivity index (χ0n) is 40.4. The molecule has 0 aromatic heterocycles. The van der Waals surface area contributed by atoms with Gasteiger partial charge in [0.2, 0.25) is 0 Å². The molecule has 2 aromatic rings. The molecule has 12 rings (SSSR count). The number of allylic oxidation sites excluding steroid dienone is 16. The van der Waals surface area contributed by atoms with Crippen LogP contribution in [0.2, 0.25) is 11.1 Å². The van der Waals surface area contributed by atoms with Crippen molar-refractivity contribution in [3.8, 4) is 0 Å². The molecule has 0 spiro atoms. The number of ether oxygens (including phenoxy) is 2. The smallest absolute Gasteiger partial charge is 0.155 e. The van der Waals surface area contributed by atoms with Crippen LogP contribution in [0.25, 0.3) is 0 Å². The van der Waals surface area contributed by atoms with Gasteiger partial charge >= 0.3 is 0 Å². The predicted molar refractivity (Wildman–Crippen MR) is 282 cm³/mol. The average Bonchev–Trinajstić information content (AvgIpc) is 3.37. The zero-order valence-corrected chi connectivity index (χ0v) is 42.4. The summed E-state index contributed by atoms with van der Waals surface area (Å²) in [6.07, 6.45) is 50.5. The SMILES string of the molecule is CC1=CC(C)C(C2NC(C3C=CCC4C3OC3=C(CCC=C3)[Si]4(C3=CCCC=C3)c3ccccc3)CC(C3CCCC4C3OC3CC=CC=C3[Si]4(C3=CC=CCC3)c3ccccc3)N2)C(C)C1. The molecule has 0 amide bonds. The minimum Gasteiger partial charge on any atom is -0.490 e. The molecular formula is C61H74N2O2Si2. The van der Waals surface area contributed by atoms with Gasteiger partial charge in [0.1, 0.15) is 19.9 Å². The van der Waals surface area contributed by atoms with Crippen LogP contribution in [0.5, 0.6) is 0 Å². The van der Waals surface area contributed by atoms with Gasteiger partial charge in [-0.2, -0.15) is 0 Å². The second-order valence-corrected chi connectivity index (χ2v) is 30.6. The molecule has 15 atom stereocenters. The number of hydrogen-bond acceptors (Lipinski definition) is 4. The summed E-state index contributed by atoms with van der Waals surface area (Å²) >= 11 is 0. The number of fused-ring (bicyclic) bond motifs is 3. The van der Waals surface area contributed by atoms with Crippen molar-refractivity contribution in [2.45, 2.75) is 152 Å². The van der Waals surface area contributed by atoms with Crippen molar-refractivity contribution in [1.29, 1.82) is 0 Å². The van der Waals surface area contributed by atoms with Crippen molar-refractivity contribution in [1.82, 2.24) is 10.6 Å². The molecule has 6 heteroatoms. The van der Waals surface area contributed by atoms with Gasteiger partial charge in [-0.15, -0.1) is 0 Å². The second kappa shape index (κ2) is 18.4. The molecule has 2 N–H and O–H groups in total. The van der Waals surface area contributed by atoms with Crippen LogP contribution >= 0.6 is 0 Å². The predicted octanol–water partition coefficient (Wildman–Crippen LogP) is 12.1. The Bertz CT molecular complexity index is 2510. The Morgan fingerprint density at radius 3 is 2.25 bits per heavy atom. The van der Waals surface area contributed by atoms with E-state index in [2.05, 4.69) is 177 Å². The average molecular weight is 923 g/mol. The lowest BCUT2D eigenvalue weighted by Crippen LogP contribution is -2.71. The van der Waals surface area contributed by atoms with Gasteiger partial charge in [0.15, 0.2) is 8.07 Å². The van der Waals surface area contributed by atoms with Gasteiger partial charge in [-0.25, -0.2) is 0 Å². The molecule has 0 radical (unpaired) electrons. The quantitative estimate of drug-likeness (QED) is 0.215. The van der Waals surface area contributed by atoms with Gasteiger partial charge in [-0.1, -0.05) is 176 Å². The Balaban J connectivity index is 0.965. The fourth-order valence-corrected chi connectivity index (χ4v) is 29.2. The number of rotatable bonds is 7. The van der Waals surface area contributed by atoms with E-state index in [-0.39, 0.29) is 36.4 Å². The Labute approximate surface area is 404 Å². The van der Waals surface area contributed by atoms with Gasteiger partial charge in [0, 0.05) is 29.5 Å². The topological polar surface area (TPSA) is 42.5 Å². The first-order valence-electron chi connectivity index (χ1n) is 26.8. The minimum atomic E-state index is -2.48. The molecule has 10 aliphatic rings. The van der Waals surface area contributed by atoms with Crippen molar-refractivity contribution in [2.24, 2.45) is 29.6 Å². The fraction of sp³-hybridized carbons (Fsp3) is 0.475. The highest BCUT2D eigenvalue weighted by atomic mass is 28.3. The van der Waals surface area contributed by atoms with Crippen molar-refractivity contribution < 1.29 is 9.47 Å². The first kappa shape index (κ1) is 44.2. The largest absolute Gasteiger partial charge is 0.490 e. The Kier molecular flexibility index (Phi) is 12.1. The van der Waals surface area contributed by atoms with E-state index in [1.165, 1.54) is 37.9 Å². The summed E-state index contributed by atoms with van der Waals surface area (Å²) in [6, 6.07) is 24.4. The third-order valence-electron chi connectivity index (χ3n) is 18.8. The van der Waals surface area contributed by atoms with Crippen molar-refractivity contribution in [3.05, 3.63) is 178 Å². The summed E-state index contributed by atoms with van der Waals surface area (Å²) in [5.74, 6) is 3.47. The highest BCUT2D eigenvalue weighted by Crippen LogP contribution is 2.57. The van der Waals surface area contributed by atoms with E-state index in [1.54, 1.807) is 36.7 Å². The van der Waals surface area contributed by atoms with Gasteiger partial charge < -0.3 is 9.47 Å². The van der Waals surface area contributed by atoms with Crippen LogP contribution in [0.3, 0.4) is 0 Å². The van der Waals surface area contributed by atoms with Crippen LogP contribution in [-0.4, -0.2) is 52.7 Å². The van der Waals surface area contributed by atoms with Gasteiger partial charge in [0.05, 0.1) is 18.4 Å². The third-order valence-corrected chi connectivity index (χ3v) is 30.3. The number of hydrogen-bond donors (Lipinski definition) is 2. The maximum atomic E-state index is 7.77. The molecule has 3 aliphatic heterocycles. The molecular weight excluding hydrogens is 849 g/mol. The molecule has 2 saturated heterocycles. The maximum Gasteiger partial charge on any atom is 0.155 e. The normalized spacial score (nSPS) is 41.1. The van der Waals surface area contributed by atoms with Crippen molar-refractivity contribution in [3.63, 3.8) is 0 Å². The molecule has 3 heterocycles. The van der Waals surface area contributed by atoms with E-state index in [4.69, 9.17) is 9.47 Å². The lowest BCUT2D eigenvalue weighted by Gasteiger charge is -2.59. The molecule has 4 nitrogen and oxygen atoms in total. The first-order valence-corrected chi connectivity index (χ1v) is 30.9. The Morgan fingerprint density at radius 1 is 0.701 bits per heavy atom.